The van der Waals surface area contributed by atoms with Crippen LogP contribution < -0.4 is 0 Å². The number of unbranched alkanes of at least 4 members (excludes halogenated alkanes) is 1. The highest BCUT2D eigenvalue weighted by atomic mass is 16.5. The Morgan fingerprint density at radius 1 is 0.891 bits per heavy atom. The lowest BCUT2D eigenvalue weighted by Gasteiger charge is -2.25. The number of aryl methyl sites for hydroxylation is 1. The maximum atomic E-state index is 12.8. The Morgan fingerprint density at radius 3 is 2.22 bits per heavy atom. The molecule has 1 aromatic rings. The lowest BCUT2D eigenvalue weighted by molar-refractivity contribution is -0.154. The van der Waals surface area contributed by atoms with Crippen molar-refractivity contribution in [2.45, 2.75) is 122 Å². The van der Waals surface area contributed by atoms with Crippen LogP contribution in [0, 0.1) is 42.4 Å². The minimum atomic E-state index is -0.646. The zero-order valence-electron chi connectivity index (χ0n) is 27.5. The van der Waals surface area contributed by atoms with E-state index in [2.05, 4.69) is 11.8 Å². The van der Waals surface area contributed by atoms with Crippen LogP contribution in [0.25, 0.3) is 0 Å². The second-order valence-corrected chi connectivity index (χ2v) is 12.4. The smallest absolute Gasteiger partial charge is 0.306 e. The van der Waals surface area contributed by atoms with E-state index in [9.17, 15) is 24.6 Å². The molecule has 0 unspecified atom stereocenters. The number of hydrogen-bond donors (Lipinski definition) is 2. The highest BCUT2D eigenvalue weighted by molar-refractivity contribution is 5.77. The van der Waals surface area contributed by atoms with Gasteiger partial charge in [0.15, 0.2) is 0 Å². The van der Waals surface area contributed by atoms with Gasteiger partial charge in [0, 0.05) is 25.2 Å². The van der Waals surface area contributed by atoms with Crippen LogP contribution in [0.5, 0.6) is 0 Å². The van der Waals surface area contributed by atoms with E-state index >= 15 is 0 Å². The lowest BCUT2D eigenvalue weighted by Crippen LogP contribution is -2.26. The molecule has 1 saturated carbocycles. The molecule has 0 amide bonds. The highest BCUT2D eigenvalue weighted by Gasteiger charge is 2.40. The van der Waals surface area contributed by atoms with Gasteiger partial charge >= 0.3 is 17.9 Å². The molecular weight excluding hydrogens is 584 g/mol. The molecule has 8 heteroatoms. The molecule has 1 aliphatic rings. The summed E-state index contributed by atoms with van der Waals surface area (Å²) >= 11 is 0. The minimum absolute atomic E-state index is 0.107. The number of terminal acetylenes is 2. The van der Waals surface area contributed by atoms with E-state index in [1.54, 1.807) is 0 Å². The number of rotatable bonds is 21. The number of hydrogen-bond acceptors (Lipinski definition) is 8. The van der Waals surface area contributed by atoms with Crippen LogP contribution in [0.1, 0.15) is 96.5 Å². The van der Waals surface area contributed by atoms with Crippen LogP contribution in [0.2, 0.25) is 0 Å². The third kappa shape index (κ3) is 15.6. The Hall–Kier alpha value is -3.59. The first-order valence-electron chi connectivity index (χ1n) is 16.6. The van der Waals surface area contributed by atoms with E-state index in [1.165, 1.54) is 0 Å². The van der Waals surface area contributed by atoms with Crippen molar-refractivity contribution in [1.29, 1.82) is 0 Å². The predicted molar refractivity (Wildman–Crippen MR) is 177 cm³/mol. The van der Waals surface area contributed by atoms with Gasteiger partial charge in [-0.2, -0.15) is 0 Å². The van der Waals surface area contributed by atoms with E-state index in [0.717, 1.165) is 12.0 Å². The van der Waals surface area contributed by atoms with Crippen molar-refractivity contribution in [3.63, 3.8) is 0 Å². The first kappa shape index (κ1) is 38.6. The first-order valence-corrected chi connectivity index (χ1v) is 16.6. The molecule has 1 aliphatic carbocycles. The number of esters is 3. The molecule has 2 N–H and O–H groups in total. The van der Waals surface area contributed by atoms with Crippen molar-refractivity contribution in [3.8, 4) is 24.7 Å². The summed E-state index contributed by atoms with van der Waals surface area (Å²) in [5.74, 6) is 3.48. The molecule has 0 aromatic heterocycles. The fourth-order valence-electron chi connectivity index (χ4n) is 5.83. The van der Waals surface area contributed by atoms with Crippen molar-refractivity contribution in [1.82, 2.24) is 0 Å². The summed E-state index contributed by atoms with van der Waals surface area (Å²) in [5, 5.41) is 21.5. The highest BCUT2D eigenvalue weighted by Crippen LogP contribution is 2.39. The molecule has 0 radical (unpaired) electrons. The molecule has 5 atom stereocenters. The fourth-order valence-corrected chi connectivity index (χ4v) is 5.83. The molecule has 0 aliphatic heterocycles. The molecule has 46 heavy (non-hydrogen) atoms. The standard InChI is InChI=1S/C38H52O8/c1-5-14-30(15-6-2)27-44-36(41)24-25-38(43)46-31(21-20-29-16-10-9-11-17-29)22-23-33-32(34(39)26-35(33)40)18-12-7-8-13-19-37(42)45-28(3)4/h1-2,7,9-12,16-17,28,30-35,39-40H,8,13-15,18-27H2,3-4H3/b12-7-/t31-,32+,33+,34-,35+/m0/s1. The van der Waals surface area contributed by atoms with Crippen molar-refractivity contribution >= 4 is 17.9 Å². The molecule has 1 aromatic carbocycles. The molecule has 1 fully saturated rings. The van der Waals surface area contributed by atoms with Gasteiger partial charge in [-0.1, -0.05) is 42.5 Å². The van der Waals surface area contributed by atoms with E-state index in [-0.39, 0.29) is 49.3 Å². The van der Waals surface area contributed by atoms with Gasteiger partial charge in [-0.05, 0) is 82.6 Å². The normalized spacial score (nSPS) is 19.9. The summed E-state index contributed by atoms with van der Waals surface area (Å²) in [5.41, 5.74) is 1.12. The van der Waals surface area contributed by atoms with Crippen molar-refractivity contribution in [3.05, 3.63) is 48.0 Å². The molecule has 8 nitrogen and oxygen atoms in total. The Labute approximate surface area is 275 Å². The number of aliphatic hydroxyl groups is 2. The van der Waals surface area contributed by atoms with E-state index in [4.69, 9.17) is 27.1 Å². The Bertz CT molecular complexity index is 1150. The maximum Gasteiger partial charge on any atom is 0.306 e. The number of carbonyl (C=O) groups is 3. The van der Waals surface area contributed by atoms with E-state index in [1.807, 2.05) is 56.3 Å². The number of carbonyl (C=O) groups excluding carboxylic acids is 3. The summed E-state index contributed by atoms with van der Waals surface area (Å²) < 4.78 is 16.3. The van der Waals surface area contributed by atoms with Crippen molar-refractivity contribution in [2.24, 2.45) is 17.8 Å². The van der Waals surface area contributed by atoms with Crippen LogP contribution in [-0.2, 0) is 35.0 Å². The lowest BCUT2D eigenvalue weighted by atomic mass is 9.85. The summed E-state index contributed by atoms with van der Waals surface area (Å²) in [7, 11) is 0. The molecule has 0 bridgehead atoms. The quantitative estimate of drug-likeness (QED) is 0.0578. The van der Waals surface area contributed by atoms with Crippen molar-refractivity contribution in [2.75, 3.05) is 6.61 Å². The van der Waals surface area contributed by atoms with Crippen LogP contribution in [0.4, 0.5) is 0 Å². The van der Waals surface area contributed by atoms with Gasteiger partial charge in [0.1, 0.15) is 6.10 Å². The Balaban J connectivity index is 1.91. The molecule has 0 saturated heterocycles. The van der Waals surface area contributed by atoms with Gasteiger partial charge in [-0.15, -0.1) is 24.7 Å². The number of benzene rings is 1. The van der Waals surface area contributed by atoms with Crippen molar-refractivity contribution < 1.29 is 38.8 Å². The van der Waals surface area contributed by atoms with Crippen LogP contribution in [0.15, 0.2) is 42.5 Å². The number of allylic oxidation sites excluding steroid dienone is 2. The third-order valence-electron chi connectivity index (χ3n) is 8.26. The average Bonchev–Trinajstić information content (AvgIpc) is 3.29. The van der Waals surface area contributed by atoms with E-state index < -0.39 is 30.3 Å². The van der Waals surface area contributed by atoms with Gasteiger partial charge in [0.05, 0.1) is 37.8 Å². The molecule has 252 valence electrons. The second-order valence-electron chi connectivity index (χ2n) is 12.4. The Kier molecular flexibility index (Phi) is 18.5. The first-order chi connectivity index (χ1) is 22.1. The van der Waals surface area contributed by atoms with Gasteiger partial charge in [0.2, 0.25) is 0 Å². The zero-order valence-corrected chi connectivity index (χ0v) is 27.5. The fraction of sp³-hybridized carbons (Fsp3) is 0.605. The van der Waals surface area contributed by atoms with Crippen LogP contribution in [0.3, 0.4) is 0 Å². The average molecular weight is 637 g/mol. The number of aliphatic hydroxyl groups excluding tert-OH is 2. The molecule has 0 heterocycles. The third-order valence-corrected chi connectivity index (χ3v) is 8.26. The monoisotopic (exact) mass is 636 g/mol. The largest absolute Gasteiger partial charge is 0.465 e. The van der Waals surface area contributed by atoms with Gasteiger partial charge < -0.3 is 24.4 Å². The van der Waals surface area contributed by atoms with Gasteiger partial charge in [0.25, 0.3) is 0 Å². The Morgan fingerprint density at radius 2 is 1.54 bits per heavy atom. The topological polar surface area (TPSA) is 119 Å². The van der Waals surface area contributed by atoms with Gasteiger partial charge in [-0.3, -0.25) is 14.4 Å². The molecular formula is C38H52O8. The summed E-state index contributed by atoms with van der Waals surface area (Å²) in [6.07, 6.45) is 18.6. The zero-order chi connectivity index (χ0) is 33.7. The minimum Gasteiger partial charge on any atom is -0.465 e. The number of ether oxygens (including phenoxy) is 3. The predicted octanol–water partition coefficient (Wildman–Crippen LogP) is 5.72. The maximum absolute atomic E-state index is 12.8. The molecule has 2 rings (SSSR count). The SMILES string of the molecule is C#CCC(CC#C)COC(=O)CCC(=O)O[C@@H](CCc1ccccc1)CC[C@@H]1[C@@H](C/C=C\CCCC(=O)OC(C)C)[C@@H](O)C[C@H]1O. The van der Waals surface area contributed by atoms with E-state index in [0.29, 0.717) is 64.2 Å². The molecule has 0 spiro atoms. The second kappa shape index (κ2) is 22.0. The summed E-state index contributed by atoms with van der Waals surface area (Å²) in [4.78, 5) is 36.8. The summed E-state index contributed by atoms with van der Waals surface area (Å²) in [6, 6.07) is 9.92. The van der Waals surface area contributed by atoms with Crippen LogP contribution in [-0.4, -0.2) is 59.1 Å². The van der Waals surface area contributed by atoms with Gasteiger partial charge in [-0.25, -0.2) is 0 Å². The van der Waals surface area contributed by atoms with Crippen LogP contribution >= 0.6 is 0 Å². The summed E-state index contributed by atoms with van der Waals surface area (Å²) in [6.45, 7) is 3.76.